The molecule has 0 aliphatic carbocycles. The molecule has 0 fully saturated rings. The van der Waals surface area contributed by atoms with E-state index in [0.29, 0.717) is 18.8 Å². The third-order valence-electron chi connectivity index (χ3n) is 5.06. The van der Waals surface area contributed by atoms with Gasteiger partial charge < -0.3 is 4.90 Å². The lowest BCUT2D eigenvalue weighted by atomic mass is 10.1. The van der Waals surface area contributed by atoms with E-state index in [1.54, 1.807) is 18.6 Å². The lowest BCUT2D eigenvalue weighted by molar-refractivity contribution is 0.0726. The first-order valence-corrected chi connectivity index (χ1v) is 9.84. The second kappa shape index (κ2) is 8.65. The van der Waals surface area contributed by atoms with Crippen molar-refractivity contribution in [3.05, 3.63) is 108 Å². The number of aromatic nitrogens is 2. The van der Waals surface area contributed by atoms with Gasteiger partial charge >= 0.3 is 0 Å². The van der Waals surface area contributed by atoms with Gasteiger partial charge in [-0.05, 0) is 40.6 Å². The molecular formula is C25H23N3O. The highest BCUT2D eigenvalue weighted by atomic mass is 16.2. The maximum Gasteiger partial charge on any atom is 0.273 e. The fourth-order valence-corrected chi connectivity index (χ4v) is 3.45. The molecule has 0 aliphatic heterocycles. The van der Waals surface area contributed by atoms with Crippen molar-refractivity contribution in [3.8, 4) is 0 Å². The van der Waals surface area contributed by atoms with E-state index in [-0.39, 0.29) is 5.91 Å². The highest BCUT2D eigenvalue weighted by Gasteiger charge is 2.20. The van der Waals surface area contributed by atoms with Gasteiger partial charge in [-0.25, -0.2) is 0 Å². The fourth-order valence-electron chi connectivity index (χ4n) is 3.45. The first-order valence-electron chi connectivity index (χ1n) is 9.84. The molecule has 0 saturated carbocycles. The Morgan fingerprint density at radius 1 is 0.828 bits per heavy atom. The molecule has 2 heterocycles. The molecule has 0 bridgehead atoms. The van der Waals surface area contributed by atoms with Crippen LogP contribution >= 0.6 is 0 Å². The zero-order valence-electron chi connectivity index (χ0n) is 16.5. The largest absolute Gasteiger partial charge is 0.329 e. The van der Waals surface area contributed by atoms with E-state index in [0.717, 1.165) is 28.3 Å². The van der Waals surface area contributed by atoms with Crippen molar-refractivity contribution in [2.24, 2.45) is 0 Å². The number of benzene rings is 2. The van der Waals surface area contributed by atoms with Crippen LogP contribution in [0.1, 0.15) is 34.1 Å². The first kappa shape index (κ1) is 18.8. The van der Waals surface area contributed by atoms with Crippen LogP contribution < -0.4 is 0 Å². The van der Waals surface area contributed by atoms with Gasteiger partial charge in [0.2, 0.25) is 0 Å². The van der Waals surface area contributed by atoms with Crippen LogP contribution in [-0.2, 0) is 19.5 Å². The minimum Gasteiger partial charge on any atom is -0.329 e. The minimum absolute atomic E-state index is 0.0785. The zero-order chi connectivity index (χ0) is 20.1. The second-order valence-corrected chi connectivity index (χ2v) is 7.07. The summed E-state index contributed by atoms with van der Waals surface area (Å²) in [6.07, 6.45) is 6.24. The Balaban J connectivity index is 1.69. The molecule has 1 amide bonds. The van der Waals surface area contributed by atoms with Gasteiger partial charge in [0.25, 0.3) is 5.91 Å². The number of carbonyl (C=O) groups is 1. The van der Waals surface area contributed by atoms with Crippen molar-refractivity contribution in [1.82, 2.24) is 14.9 Å². The van der Waals surface area contributed by atoms with Crippen LogP contribution in [-0.4, -0.2) is 20.8 Å². The molecule has 2 aromatic carbocycles. The predicted octanol–water partition coefficient (Wildman–Crippen LogP) is 5.03. The summed E-state index contributed by atoms with van der Waals surface area (Å²) in [5.41, 5.74) is 3.86. The van der Waals surface area contributed by atoms with Crippen molar-refractivity contribution in [2.75, 3.05) is 0 Å². The number of hydrogen-bond donors (Lipinski definition) is 0. The summed E-state index contributed by atoms with van der Waals surface area (Å²) in [5.74, 6) is -0.0785. The third kappa shape index (κ3) is 4.32. The summed E-state index contributed by atoms with van der Waals surface area (Å²) >= 11 is 0. The Kier molecular flexibility index (Phi) is 5.61. The maximum atomic E-state index is 13.5. The standard InChI is InChI=1S/C25H23N3O/c1-2-19-9-11-20(12-10-19)17-28(18-21-6-5-14-26-16-21)25(29)24-23-8-4-3-7-22(23)13-15-27-24/h3-16H,2,17-18H2,1H3. The summed E-state index contributed by atoms with van der Waals surface area (Å²) in [6.45, 7) is 3.13. The van der Waals surface area contributed by atoms with Crippen molar-refractivity contribution in [3.63, 3.8) is 0 Å². The van der Waals surface area contributed by atoms with Crippen molar-refractivity contribution >= 4 is 16.7 Å². The van der Waals surface area contributed by atoms with Crippen LogP contribution in [0.4, 0.5) is 0 Å². The number of rotatable bonds is 6. The second-order valence-electron chi connectivity index (χ2n) is 7.07. The molecule has 0 N–H and O–H groups in total. The first-order chi connectivity index (χ1) is 14.2. The fraction of sp³-hybridized carbons (Fsp3) is 0.160. The monoisotopic (exact) mass is 381 g/mol. The summed E-state index contributed by atoms with van der Waals surface area (Å²) in [5, 5.41) is 1.89. The molecule has 0 unspecified atom stereocenters. The van der Waals surface area contributed by atoms with Crippen LogP contribution in [0.15, 0.2) is 85.3 Å². The average molecular weight is 381 g/mol. The molecule has 144 valence electrons. The van der Waals surface area contributed by atoms with Gasteiger partial charge in [0, 0.05) is 37.1 Å². The van der Waals surface area contributed by atoms with Gasteiger partial charge in [-0.2, -0.15) is 0 Å². The molecule has 4 heteroatoms. The zero-order valence-corrected chi connectivity index (χ0v) is 16.5. The van der Waals surface area contributed by atoms with Crippen molar-refractivity contribution < 1.29 is 4.79 Å². The van der Waals surface area contributed by atoms with Crippen molar-refractivity contribution in [1.29, 1.82) is 0 Å². The Bertz CT molecular complexity index is 1100. The Morgan fingerprint density at radius 3 is 2.34 bits per heavy atom. The van der Waals surface area contributed by atoms with Crippen LogP contribution in [0.5, 0.6) is 0 Å². The number of aryl methyl sites for hydroxylation is 1. The number of nitrogens with zero attached hydrogens (tertiary/aromatic N) is 3. The maximum absolute atomic E-state index is 13.5. The molecule has 0 atom stereocenters. The molecule has 4 aromatic rings. The highest BCUT2D eigenvalue weighted by molar-refractivity contribution is 6.05. The van der Waals surface area contributed by atoms with E-state index in [1.807, 2.05) is 47.4 Å². The molecule has 4 rings (SSSR count). The number of carbonyl (C=O) groups excluding carboxylic acids is 1. The topological polar surface area (TPSA) is 46.1 Å². The highest BCUT2D eigenvalue weighted by Crippen LogP contribution is 2.20. The molecular weight excluding hydrogens is 358 g/mol. The van der Waals surface area contributed by atoms with Gasteiger partial charge in [0.15, 0.2) is 0 Å². The summed E-state index contributed by atoms with van der Waals surface area (Å²) in [4.78, 5) is 24.0. The number of amides is 1. The predicted molar refractivity (Wildman–Crippen MR) is 115 cm³/mol. The average Bonchev–Trinajstić information content (AvgIpc) is 2.79. The van der Waals surface area contributed by atoms with Gasteiger partial charge in [0.1, 0.15) is 5.69 Å². The van der Waals surface area contributed by atoms with Crippen LogP contribution in [0, 0.1) is 0 Å². The van der Waals surface area contributed by atoms with Crippen molar-refractivity contribution in [2.45, 2.75) is 26.4 Å². The van der Waals surface area contributed by atoms with Gasteiger partial charge in [-0.3, -0.25) is 14.8 Å². The molecule has 29 heavy (non-hydrogen) atoms. The molecule has 0 saturated heterocycles. The summed E-state index contributed by atoms with van der Waals surface area (Å²) < 4.78 is 0. The normalized spacial score (nSPS) is 10.8. The van der Waals surface area contributed by atoms with E-state index in [9.17, 15) is 4.79 Å². The third-order valence-corrected chi connectivity index (χ3v) is 5.06. The Hall–Kier alpha value is -3.53. The molecule has 2 aromatic heterocycles. The molecule has 0 spiro atoms. The minimum atomic E-state index is -0.0785. The number of pyridine rings is 2. The Morgan fingerprint density at radius 2 is 1.59 bits per heavy atom. The summed E-state index contributed by atoms with van der Waals surface area (Å²) in [6, 6.07) is 22.1. The van der Waals surface area contributed by atoms with Gasteiger partial charge in [0.05, 0.1) is 0 Å². The number of fused-ring (bicyclic) bond motifs is 1. The smallest absolute Gasteiger partial charge is 0.273 e. The SMILES string of the molecule is CCc1ccc(CN(Cc2cccnc2)C(=O)c2nccc3ccccc23)cc1. The quantitative estimate of drug-likeness (QED) is 0.470. The van der Waals surface area contributed by atoms with E-state index in [2.05, 4.69) is 41.2 Å². The van der Waals surface area contributed by atoms with Gasteiger partial charge in [-0.1, -0.05) is 61.5 Å². The van der Waals surface area contributed by atoms with Crippen LogP contribution in [0.25, 0.3) is 10.8 Å². The molecule has 0 aliphatic rings. The van der Waals surface area contributed by atoms with E-state index in [4.69, 9.17) is 0 Å². The lowest BCUT2D eigenvalue weighted by Gasteiger charge is -2.23. The number of hydrogen-bond acceptors (Lipinski definition) is 3. The van der Waals surface area contributed by atoms with E-state index < -0.39 is 0 Å². The summed E-state index contributed by atoms with van der Waals surface area (Å²) in [7, 11) is 0. The van der Waals surface area contributed by atoms with E-state index in [1.165, 1.54) is 5.56 Å². The van der Waals surface area contributed by atoms with E-state index >= 15 is 0 Å². The molecule has 4 nitrogen and oxygen atoms in total. The Labute approximate surface area is 170 Å². The molecule has 0 radical (unpaired) electrons. The lowest BCUT2D eigenvalue weighted by Crippen LogP contribution is -2.31. The van der Waals surface area contributed by atoms with Crippen LogP contribution in [0.2, 0.25) is 0 Å². The van der Waals surface area contributed by atoms with Gasteiger partial charge in [-0.15, -0.1) is 0 Å². The van der Waals surface area contributed by atoms with Crippen LogP contribution in [0.3, 0.4) is 0 Å².